The largest absolute Gasteiger partial charge is 0.460 e. The van der Waals surface area contributed by atoms with E-state index >= 15 is 0 Å². The van der Waals surface area contributed by atoms with E-state index in [1.54, 1.807) is 20.8 Å². The van der Waals surface area contributed by atoms with Gasteiger partial charge in [0.2, 0.25) is 0 Å². The Labute approximate surface area is 244 Å². The zero-order chi connectivity index (χ0) is 30.6. The van der Waals surface area contributed by atoms with Crippen LogP contribution in [0.4, 0.5) is 0 Å². The maximum absolute atomic E-state index is 14.3. The summed E-state index contributed by atoms with van der Waals surface area (Å²) >= 11 is 0. The molecule has 0 bridgehead atoms. The Morgan fingerprint density at radius 3 is 2.44 bits per heavy atom. The van der Waals surface area contributed by atoms with Crippen molar-refractivity contribution in [3.63, 3.8) is 0 Å². The number of hydrogen-bond acceptors (Lipinski definition) is 8. The molecule has 1 saturated heterocycles. The SMILES string of the molecule is CCCC(=O)OC(C)(C)CCC(=O)[C@]1(C)O[C@]23CC(=O)[C@@]4(C)[C@@H]5C[C@H](N)C(=O)C(C)(C)C5=CC[C@H]4[C@]2(C)C[C@@H](O)[C@H]13. The summed E-state index contributed by atoms with van der Waals surface area (Å²) in [6.07, 6.45) is 4.51. The lowest BCUT2D eigenvalue weighted by atomic mass is 9.39. The van der Waals surface area contributed by atoms with Gasteiger partial charge in [-0.3, -0.25) is 19.2 Å². The molecule has 3 saturated carbocycles. The normalized spacial score (nSPS) is 44.5. The number of allylic oxidation sites excluding steroid dienone is 2. The summed E-state index contributed by atoms with van der Waals surface area (Å²) in [6, 6.07) is -0.618. The van der Waals surface area contributed by atoms with Gasteiger partial charge in [0.15, 0.2) is 11.6 Å². The Bertz CT molecular complexity index is 1220. The van der Waals surface area contributed by atoms with Crippen molar-refractivity contribution in [2.75, 3.05) is 0 Å². The molecule has 5 aliphatic rings. The average molecular weight is 572 g/mol. The number of hydrogen-bond donors (Lipinski definition) is 2. The van der Waals surface area contributed by atoms with E-state index < -0.39 is 51.1 Å². The van der Waals surface area contributed by atoms with Crippen LogP contribution in [0.5, 0.6) is 0 Å². The molecule has 8 nitrogen and oxygen atoms in total. The molecule has 228 valence electrons. The number of carbonyl (C=O) groups excluding carboxylic acids is 4. The second-order valence-electron chi connectivity index (χ2n) is 15.4. The van der Waals surface area contributed by atoms with Crippen molar-refractivity contribution >= 4 is 23.3 Å². The van der Waals surface area contributed by atoms with Crippen LogP contribution in [0, 0.1) is 34.0 Å². The van der Waals surface area contributed by atoms with Gasteiger partial charge in [-0.1, -0.05) is 32.4 Å². The van der Waals surface area contributed by atoms with Crippen molar-refractivity contribution < 1.29 is 33.8 Å². The van der Waals surface area contributed by atoms with Crippen LogP contribution < -0.4 is 5.73 Å². The standard InChI is InChI=1S/C33H49NO7/c1-9-10-25(38)40-28(2,3)14-13-23(36)32(8)26-21(35)16-30(6)22-12-11-18-19(15-20(34)27(39)29(18,4)5)31(22,7)24(37)17-33(26,30)41-32/h11,19-22,26,35H,9-10,12-17,34H2,1-8H3/t19-,20+,21-,22+,26-,30+,31+,32+,33+/m1/s1. The highest BCUT2D eigenvalue weighted by Crippen LogP contribution is 2.76. The van der Waals surface area contributed by atoms with Crippen molar-refractivity contribution in [3.8, 4) is 0 Å². The van der Waals surface area contributed by atoms with Gasteiger partial charge in [-0.05, 0) is 78.6 Å². The summed E-state index contributed by atoms with van der Waals surface area (Å²) in [5.41, 5.74) is 2.45. The van der Waals surface area contributed by atoms with Crippen LogP contribution in [-0.4, -0.2) is 57.4 Å². The van der Waals surface area contributed by atoms with E-state index in [-0.39, 0.29) is 48.0 Å². The summed E-state index contributed by atoms with van der Waals surface area (Å²) in [6.45, 7) is 15.3. The lowest BCUT2D eigenvalue weighted by molar-refractivity contribution is -0.346. The number of fused-ring (bicyclic) bond motifs is 4. The zero-order valence-corrected chi connectivity index (χ0v) is 26.1. The smallest absolute Gasteiger partial charge is 0.306 e. The van der Waals surface area contributed by atoms with Gasteiger partial charge >= 0.3 is 5.97 Å². The van der Waals surface area contributed by atoms with Gasteiger partial charge in [-0.25, -0.2) is 0 Å². The number of rotatable bonds is 7. The van der Waals surface area contributed by atoms with Crippen LogP contribution in [0.1, 0.15) is 107 Å². The number of aliphatic hydroxyl groups is 1. The third-order valence-corrected chi connectivity index (χ3v) is 12.2. The number of ketones is 3. The van der Waals surface area contributed by atoms with Crippen molar-refractivity contribution in [3.05, 3.63) is 11.6 Å². The average Bonchev–Trinajstić information content (AvgIpc) is 3.03. The third-order valence-electron chi connectivity index (χ3n) is 12.2. The molecule has 8 heteroatoms. The van der Waals surface area contributed by atoms with Crippen LogP contribution in [0.2, 0.25) is 0 Å². The molecular weight excluding hydrogens is 522 g/mol. The first kappa shape index (κ1) is 30.6. The van der Waals surface area contributed by atoms with Gasteiger partial charge in [0.1, 0.15) is 17.0 Å². The molecule has 0 radical (unpaired) electrons. The first-order chi connectivity index (χ1) is 18.8. The number of carbonyl (C=O) groups is 4. The van der Waals surface area contributed by atoms with Crippen molar-refractivity contribution in [2.45, 2.75) is 136 Å². The molecule has 3 N–H and O–H groups in total. The second kappa shape index (κ2) is 9.30. The molecule has 1 spiro atoms. The molecule has 0 aromatic heterocycles. The van der Waals surface area contributed by atoms with E-state index in [1.165, 1.54) is 0 Å². The van der Waals surface area contributed by atoms with Crippen molar-refractivity contribution in [1.29, 1.82) is 0 Å². The molecule has 4 fully saturated rings. The Morgan fingerprint density at radius 2 is 1.80 bits per heavy atom. The van der Waals surface area contributed by atoms with Crippen LogP contribution >= 0.6 is 0 Å². The summed E-state index contributed by atoms with van der Waals surface area (Å²) in [5, 5.41) is 11.6. The molecule has 0 unspecified atom stereocenters. The molecule has 4 aliphatic carbocycles. The molecule has 0 aromatic carbocycles. The van der Waals surface area contributed by atoms with Gasteiger partial charge in [0.05, 0.1) is 23.7 Å². The third kappa shape index (κ3) is 3.95. The van der Waals surface area contributed by atoms with Gasteiger partial charge < -0.3 is 20.3 Å². The minimum atomic E-state index is -1.22. The number of aliphatic hydroxyl groups excluding tert-OH is 1. The van der Waals surface area contributed by atoms with E-state index in [0.29, 0.717) is 38.5 Å². The second-order valence-corrected chi connectivity index (χ2v) is 15.4. The van der Waals surface area contributed by atoms with E-state index in [1.807, 2.05) is 27.7 Å². The van der Waals surface area contributed by atoms with Crippen molar-refractivity contribution in [1.82, 2.24) is 0 Å². The highest BCUT2D eigenvalue weighted by Gasteiger charge is 2.83. The molecule has 41 heavy (non-hydrogen) atoms. The van der Waals surface area contributed by atoms with Crippen molar-refractivity contribution in [2.24, 2.45) is 39.7 Å². The van der Waals surface area contributed by atoms with E-state index in [2.05, 4.69) is 13.0 Å². The van der Waals surface area contributed by atoms with Crippen LogP contribution in [0.15, 0.2) is 11.6 Å². The van der Waals surface area contributed by atoms with E-state index in [0.717, 1.165) is 5.57 Å². The Morgan fingerprint density at radius 1 is 1.15 bits per heavy atom. The Hall–Kier alpha value is -1.90. The number of ether oxygens (including phenoxy) is 2. The number of nitrogens with two attached hydrogens (primary N) is 1. The minimum absolute atomic E-state index is 0.0178. The van der Waals surface area contributed by atoms with E-state index in [9.17, 15) is 24.3 Å². The predicted molar refractivity (Wildman–Crippen MR) is 153 cm³/mol. The molecule has 1 heterocycles. The lowest BCUT2D eigenvalue weighted by Gasteiger charge is -2.70. The quantitative estimate of drug-likeness (QED) is 0.343. The predicted octanol–water partition coefficient (Wildman–Crippen LogP) is 4.24. The number of Topliss-reactive ketones (excluding diaryl/α,β-unsaturated/α-hetero) is 3. The highest BCUT2D eigenvalue weighted by atomic mass is 16.6. The topological polar surface area (TPSA) is 133 Å². The zero-order valence-electron chi connectivity index (χ0n) is 26.1. The minimum Gasteiger partial charge on any atom is -0.460 e. The fourth-order valence-corrected chi connectivity index (χ4v) is 10.0. The maximum Gasteiger partial charge on any atom is 0.306 e. The summed E-state index contributed by atoms with van der Waals surface area (Å²) in [5.74, 6) is -1.08. The highest BCUT2D eigenvalue weighted by molar-refractivity contribution is 5.96. The van der Waals surface area contributed by atoms with Crippen LogP contribution in [0.25, 0.3) is 0 Å². The summed E-state index contributed by atoms with van der Waals surface area (Å²) in [4.78, 5) is 53.1. The molecule has 0 amide bonds. The monoisotopic (exact) mass is 571 g/mol. The van der Waals surface area contributed by atoms with E-state index in [4.69, 9.17) is 15.2 Å². The maximum atomic E-state index is 14.3. The van der Waals surface area contributed by atoms with Gasteiger partial charge in [0.25, 0.3) is 0 Å². The molecule has 1 aliphatic heterocycles. The molecule has 9 atom stereocenters. The lowest BCUT2D eigenvalue weighted by Crippen LogP contribution is -2.78. The van der Waals surface area contributed by atoms with Gasteiger partial charge in [0, 0.05) is 35.5 Å². The first-order valence-electron chi connectivity index (χ1n) is 15.5. The fraction of sp³-hybridized carbons (Fsp3) is 0.818. The van der Waals surface area contributed by atoms with Crippen LogP contribution in [-0.2, 0) is 28.7 Å². The summed E-state index contributed by atoms with van der Waals surface area (Å²) in [7, 11) is 0. The first-order valence-corrected chi connectivity index (χ1v) is 15.5. The fourth-order valence-electron chi connectivity index (χ4n) is 10.0. The van der Waals surface area contributed by atoms with Gasteiger partial charge in [-0.15, -0.1) is 0 Å². The number of esters is 1. The molecule has 5 rings (SSSR count). The Kier molecular flexibility index (Phi) is 6.93. The summed E-state index contributed by atoms with van der Waals surface area (Å²) < 4.78 is 12.3. The van der Waals surface area contributed by atoms with Crippen LogP contribution in [0.3, 0.4) is 0 Å². The Balaban J connectivity index is 1.42. The molecular formula is C33H49NO7. The van der Waals surface area contributed by atoms with Gasteiger partial charge in [-0.2, -0.15) is 0 Å². The molecule has 0 aromatic rings.